The number of rotatable bonds is 4. The summed E-state index contributed by atoms with van der Waals surface area (Å²) in [6.07, 6.45) is 0.626. The lowest BCUT2D eigenvalue weighted by atomic mass is 10.1. The van der Waals surface area contributed by atoms with Gasteiger partial charge in [0.25, 0.3) is 0 Å². The van der Waals surface area contributed by atoms with E-state index in [2.05, 4.69) is 30.3 Å². The van der Waals surface area contributed by atoms with Crippen LogP contribution in [0.2, 0.25) is 0 Å². The number of ketones is 1. The van der Waals surface area contributed by atoms with Crippen molar-refractivity contribution in [2.75, 3.05) is 5.75 Å². The summed E-state index contributed by atoms with van der Waals surface area (Å²) < 4.78 is 0. The molecule has 0 spiro atoms. The zero-order chi connectivity index (χ0) is 11.4. The van der Waals surface area contributed by atoms with Gasteiger partial charge < -0.3 is 0 Å². The molecule has 0 saturated carbocycles. The van der Waals surface area contributed by atoms with E-state index in [-0.39, 0.29) is 0 Å². The highest BCUT2D eigenvalue weighted by Gasteiger charge is 2.01. The van der Waals surface area contributed by atoms with Gasteiger partial charge in [-0.15, -0.1) is 11.8 Å². The van der Waals surface area contributed by atoms with Gasteiger partial charge in [-0.25, -0.2) is 0 Å². The molecule has 0 saturated heterocycles. The highest BCUT2D eigenvalue weighted by Crippen LogP contribution is 2.23. The maximum absolute atomic E-state index is 11.2. The molecule has 0 aliphatic rings. The maximum atomic E-state index is 11.2. The fourth-order valence-electron chi connectivity index (χ4n) is 1.52. The summed E-state index contributed by atoms with van der Waals surface area (Å²) >= 11 is 1.62. The van der Waals surface area contributed by atoms with E-state index in [9.17, 15) is 4.79 Å². The van der Waals surface area contributed by atoms with Crippen LogP contribution in [0.1, 0.15) is 13.3 Å². The first-order valence-electron chi connectivity index (χ1n) is 5.43. The molecule has 0 N–H and O–H groups in total. The Kier molecular flexibility index (Phi) is 3.62. The lowest BCUT2D eigenvalue weighted by Gasteiger charge is -2.02. The fourth-order valence-corrected chi connectivity index (χ4v) is 2.43. The Hall–Kier alpha value is -1.28. The zero-order valence-electron chi connectivity index (χ0n) is 9.27. The molecular formula is C14H14OS. The molecule has 2 aromatic carbocycles. The lowest BCUT2D eigenvalue weighted by Crippen LogP contribution is -1.97. The van der Waals surface area contributed by atoms with Crippen molar-refractivity contribution in [1.82, 2.24) is 0 Å². The van der Waals surface area contributed by atoms with Gasteiger partial charge in [0.2, 0.25) is 0 Å². The molecule has 0 aliphatic carbocycles. The number of Topliss-reactive ketones (excluding diaryl/α,β-unsaturated/α-hetero) is 1. The summed E-state index contributed by atoms with van der Waals surface area (Å²) in [6.45, 7) is 1.91. The zero-order valence-corrected chi connectivity index (χ0v) is 10.1. The molecule has 0 heterocycles. The second-order valence-electron chi connectivity index (χ2n) is 3.69. The summed E-state index contributed by atoms with van der Waals surface area (Å²) in [7, 11) is 0. The number of carbonyl (C=O) groups is 1. The molecule has 0 aromatic heterocycles. The monoisotopic (exact) mass is 230 g/mol. The second kappa shape index (κ2) is 5.17. The molecule has 2 rings (SSSR count). The van der Waals surface area contributed by atoms with Crippen molar-refractivity contribution in [3.05, 3.63) is 42.5 Å². The van der Waals surface area contributed by atoms with Gasteiger partial charge in [0.1, 0.15) is 5.78 Å². The Morgan fingerprint density at radius 2 is 1.88 bits per heavy atom. The maximum Gasteiger partial charge on any atom is 0.142 e. The number of benzene rings is 2. The molecule has 0 radical (unpaired) electrons. The van der Waals surface area contributed by atoms with Crippen LogP contribution in [0, 0.1) is 0 Å². The third-order valence-corrected chi connectivity index (χ3v) is 3.57. The van der Waals surface area contributed by atoms with Crippen LogP contribution in [0.15, 0.2) is 47.4 Å². The molecule has 0 aliphatic heterocycles. The van der Waals surface area contributed by atoms with Crippen molar-refractivity contribution in [2.24, 2.45) is 0 Å². The van der Waals surface area contributed by atoms with E-state index in [1.807, 2.05) is 19.1 Å². The Morgan fingerprint density at radius 3 is 2.62 bits per heavy atom. The Balaban J connectivity index is 2.16. The van der Waals surface area contributed by atoms with Gasteiger partial charge in [-0.3, -0.25) is 4.79 Å². The van der Waals surface area contributed by atoms with Crippen molar-refractivity contribution in [2.45, 2.75) is 18.2 Å². The van der Waals surface area contributed by atoms with E-state index in [0.717, 1.165) is 0 Å². The van der Waals surface area contributed by atoms with Crippen LogP contribution in [-0.2, 0) is 4.79 Å². The van der Waals surface area contributed by atoms with Crippen LogP contribution in [0.3, 0.4) is 0 Å². The standard InChI is InChI=1S/C14H14OS/c1-2-13(15)10-16-14-8-7-11-5-3-4-6-12(11)9-14/h3-9H,2,10H2,1H3. The highest BCUT2D eigenvalue weighted by molar-refractivity contribution is 8.00. The minimum absolute atomic E-state index is 0.304. The van der Waals surface area contributed by atoms with Crippen LogP contribution >= 0.6 is 11.8 Å². The van der Waals surface area contributed by atoms with E-state index in [1.165, 1.54) is 15.7 Å². The number of hydrogen-bond acceptors (Lipinski definition) is 2. The van der Waals surface area contributed by atoms with Crippen LogP contribution in [-0.4, -0.2) is 11.5 Å². The number of carbonyl (C=O) groups excluding carboxylic acids is 1. The lowest BCUT2D eigenvalue weighted by molar-refractivity contribution is -0.116. The van der Waals surface area contributed by atoms with Gasteiger partial charge in [0.05, 0.1) is 5.75 Å². The predicted molar refractivity (Wildman–Crippen MR) is 70.0 cm³/mol. The minimum atomic E-state index is 0.304. The smallest absolute Gasteiger partial charge is 0.142 e. The molecule has 1 nitrogen and oxygen atoms in total. The van der Waals surface area contributed by atoms with E-state index < -0.39 is 0 Å². The van der Waals surface area contributed by atoms with Crippen LogP contribution in [0.5, 0.6) is 0 Å². The molecule has 0 fully saturated rings. The minimum Gasteiger partial charge on any atom is -0.299 e. The van der Waals surface area contributed by atoms with Crippen LogP contribution in [0.25, 0.3) is 10.8 Å². The third kappa shape index (κ3) is 2.64. The van der Waals surface area contributed by atoms with Crippen LogP contribution < -0.4 is 0 Å². The summed E-state index contributed by atoms with van der Waals surface area (Å²) in [4.78, 5) is 12.4. The van der Waals surface area contributed by atoms with Gasteiger partial charge in [0, 0.05) is 11.3 Å². The van der Waals surface area contributed by atoms with Crippen molar-refractivity contribution in [1.29, 1.82) is 0 Å². The first-order chi connectivity index (χ1) is 7.79. The van der Waals surface area contributed by atoms with Crippen molar-refractivity contribution < 1.29 is 4.79 Å². The van der Waals surface area contributed by atoms with E-state index >= 15 is 0 Å². The molecule has 16 heavy (non-hydrogen) atoms. The number of thioether (sulfide) groups is 1. The topological polar surface area (TPSA) is 17.1 Å². The first-order valence-corrected chi connectivity index (χ1v) is 6.41. The molecule has 0 unspecified atom stereocenters. The normalized spacial score (nSPS) is 10.6. The molecule has 0 amide bonds. The van der Waals surface area contributed by atoms with Crippen molar-refractivity contribution in [3.63, 3.8) is 0 Å². The highest BCUT2D eigenvalue weighted by atomic mass is 32.2. The molecule has 2 heteroatoms. The van der Waals surface area contributed by atoms with E-state index in [1.54, 1.807) is 11.8 Å². The molecule has 0 atom stereocenters. The number of hydrogen-bond donors (Lipinski definition) is 0. The molecule has 2 aromatic rings. The van der Waals surface area contributed by atoms with Crippen molar-refractivity contribution in [3.8, 4) is 0 Å². The summed E-state index contributed by atoms with van der Waals surface area (Å²) in [5.41, 5.74) is 0. The van der Waals surface area contributed by atoms with Gasteiger partial charge in [-0.05, 0) is 22.9 Å². The second-order valence-corrected chi connectivity index (χ2v) is 4.74. The molecule has 0 bridgehead atoms. The van der Waals surface area contributed by atoms with E-state index in [4.69, 9.17) is 0 Å². The first kappa shape index (κ1) is 11.2. The fraction of sp³-hybridized carbons (Fsp3) is 0.214. The van der Waals surface area contributed by atoms with Gasteiger partial charge in [0.15, 0.2) is 0 Å². The Bertz CT molecular complexity index is 505. The predicted octanol–water partition coefficient (Wildman–Crippen LogP) is 3.91. The van der Waals surface area contributed by atoms with E-state index in [0.29, 0.717) is 18.0 Å². The summed E-state index contributed by atoms with van der Waals surface area (Å²) in [6, 6.07) is 14.6. The Morgan fingerprint density at radius 1 is 1.12 bits per heavy atom. The van der Waals surface area contributed by atoms with Gasteiger partial charge in [-0.2, -0.15) is 0 Å². The van der Waals surface area contributed by atoms with Gasteiger partial charge in [-0.1, -0.05) is 37.3 Å². The quantitative estimate of drug-likeness (QED) is 0.741. The SMILES string of the molecule is CCC(=O)CSc1ccc2ccccc2c1. The molecular weight excluding hydrogens is 216 g/mol. The average molecular weight is 230 g/mol. The number of fused-ring (bicyclic) bond motifs is 1. The van der Waals surface area contributed by atoms with Crippen molar-refractivity contribution >= 4 is 28.3 Å². The van der Waals surface area contributed by atoms with Crippen LogP contribution in [0.4, 0.5) is 0 Å². The van der Waals surface area contributed by atoms with Gasteiger partial charge >= 0.3 is 0 Å². The summed E-state index contributed by atoms with van der Waals surface area (Å²) in [5, 5.41) is 2.48. The largest absolute Gasteiger partial charge is 0.299 e. The Labute approximate surface area is 99.9 Å². The third-order valence-electron chi connectivity index (χ3n) is 2.52. The molecule has 82 valence electrons. The average Bonchev–Trinajstić information content (AvgIpc) is 2.35. The summed E-state index contributed by atoms with van der Waals surface area (Å²) in [5.74, 6) is 0.882.